The van der Waals surface area contributed by atoms with E-state index in [2.05, 4.69) is 9.72 Å². The van der Waals surface area contributed by atoms with Crippen molar-refractivity contribution in [2.75, 3.05) is 7.11 Å². The van der Waals surface area contributed by atoms with Crippen molar-refractivity contribution >= 4 is 17.3 Å². The van der Waals surface area contributed by atoms with E-state index in [9.17, 15) is 4.79 Å². The predicted octanol–water partition coefficient (Wildman–Crippen LogP) is 3.21. The number of nitrogens with zero attached hydrogens (tertiary/aromatic N) is 1. The van der Waals surface area contributed by atoms with Crippen LogP contribution in [0.15, 0.2) is 24.3 Å². The van der Waals surface area contributed by atoms with Crippen molar-refractivity contribution in [1.82, 2.24) is 4.98 Å². The first-order valence-electron chi connectivity index (χ1n) is 5.24. The number of hydrogen-bond donors (Lipinski definition) is 0. The van der Waals surface area contributed by atoms with Crippen LogP contribution in [0.3, 0.4) is 0 Å². The molecule has 0 fully saturated rings. The molecule has 17 heavy (non-hydrogen) atoms. The number of aromatic nitrogens is 1. The maximum Gasteiger partial charge on any atom is 0.337 e. The Balaban J connectivity index is 2.35. The Morgan fingerprint density at radius 2 is 1.88 bits per heavy atom. The third kappa shape index (κ3) is 2.36. The van der Waals surface area contributed by atoms with Crippen molar-refractivity contribution in [1.29, 1.82) is 0 Å². The SMILES string of the molecule is COC(=O)c1ccc(-c2sc(C)nc2C)cc1. The quantitative estimate of drug-likeness (QED) is 0.765. The largest absolute Gasteiger partial charge is 0.465 e. The Kier molecular flexibility index (Phi) is 3.24. The molecule has 0 unspecified atom stereocenters. The van der Waals surface area contributed by atoms with Gasteiger partial charge in [0, 0.05) is 0 Å². The summed E-state index contributed by atoms with van der Waals surface area (Å²) < 4.78 is 4.66. The van der Waals surface area contributed by atoms with Gasteiger partial charge in [-0.1, -0.05) is 12.1 Å². The van der Waals surface area contributed by atoms with E-state index in [1.165, 1.54) is 7.11 Å². The molecular weight excluding hydrogens is 234 g/mol. The Labute approximate surface area is 104 Å². The molecule has 3 nitrogen and oxygen atoms in total. The lowest BCUT2D eigenvalue weighted by molar-refractivity contribution is 0.0601. The summed E-state index contributed by atoms with van der Waals surface area (Å²) in [5.74, 6) is -0.311. The molecule has 0 saturated heterocycles. The minimum absolute atomic E-state index is 0.311. The topological polar surface area (TPSA) is 39.2 Å². The third-order valence-electron chi connectivity index (χ3n) is 2.47. The molecular formula is C13H13NO2S. The number of rotatable bonds is 2. The van der Waals surface area contributed by atoms with Crippen LogP contribution in [0.1, 0.15) is 21.1 Å². The van der Waals surface area contributed by atoms with E-state index in [0.717, 1.165) is 21.1 Å². The number of benzene rings is 1. The number of thiazole rings is 1. The summed E-state index contributed by atoms with van der Waals surface area (Å²) in [4.78, 5) is 16.8. The number of methoxy groups -OCH3 is 1. The van der Waals surface area contributed by atoms with Gasteiger partial charge < -0.3 is 4.74 Å². The summed E-state index contributed by atoms with van der Waals surface area (Å²) in [6, 6.07) is 7.39. The van der Waals surface area contributed by atoms with Gasteiger partial charge in [-0.05, 0) is 31.5 Å². The van der Waals surface area contributed by atoms with Gasteiger partial charge in [0.25, 0.3) is 0 Å². The molecule has 0 spiro atoms. The fourth-order valence-corrected chi connectivity index (χ4v) is 2.60. The summed E-state index contributed by atoms with van der Waals surface area (Å²) in [5.41, 5.74) is 2.68. The molecule has 0 amide bonds. The van der Waals surface area contributed by atoms with E-state index in [1.54, 1.807) is 23.5 Å². The Hall–Kier alpha value is -1.68. The smallest absolute Gasteiger partial charge is 0.337 e. The highest BCUT2D eigenvalue weighted by atomic mass is 32.1. The highest BCUT2D eigenvalue weighted by Crippen LogP contribution is 2.29. The zero-order chi connectivity index (χ0) is 12.4. The number of carbonyl (C=O) groups is 1. The standard InChI is InChI=1S/C13H13NO2S/c1-8-12(17-9(2)14-8)10-4-6-11(7-5-10)13(15)16-3/h4-7H,1-3H3. The van der Waals surface area contributed by atoms with E-state index < -0.39 is 0 Å². The second kappa shape index (κ2) is 4.67. The van der Waals surface area contributed by atoms with Gasteiger partial charge in [0.15, 0.2) is 0 Å². The van der Waals surface area contributed by atoms with Gasteiger partial charge in [-0.25, -0.2) is 9.78 Å². The van der Waals surface area contributed by atoms with Gasteiger partial charge in [-0.3, -0.25) is 0 Å². The predicted molar refractivity (Wildman–Crippen MR) is 68.4 cm³/mol. The Morgan fingerprint density at radius 3 is 2.35 bits per heavy atom. The zero-order valence-corrected chi connectivity index (χ0v) is 10.8. The highest BCUT2D eigenvalue weighted by molar-refractivity contribution is 7.15. The number of hydrogen-bond acceptors (Lipinski definition) is 4. The molecule has 0 aliphatic heterocycles. The number of esters is 1. The highest BCUT2D eigenvalue weighted by Gasteiger charge is 2.09. The van der Waals surface area contributed by atoms with Crippen molar-refractivity contribution < 1.29 is 9.53 Å². The summed E-state index contributed by atoms with van der Waals surface area (Å²) in [5, 5.41) is 1.05. The molecule has 0 aliphatic rings. The Bertz CT molecular complexity index is 543. The second-order valence-electron chi connectivity index (χ2n) is 3.72. The molecule has 0 radical (unpaired) electrons. The molecule has 0 N–H and O–H groups in total. The fraction of sp³-hybridized carbons (Fsp3) is 0.231. The first-order chi connectivity index (χ1) is 8.11. The zero-order valence-electron chi connectivity index (χ0n) is 9.98. The van der Waals surface area contributed by atoms with Crippen LogP contribution in [-0.2, 0) is 4.74 Å². The van der Waals surface area contributed by atoms with Gasteiger partial charge >= 0.3 is 5.97 Å². The fourth-order valence-electron chi connectivity index (χ4n) is 1.67. The summed E-state index contributed by atoms with van der Waals surface area (Å²) in [7, 11) is 1.38. The maximum atomic E-state index is 11.3. The first kappa shape index (κ1) is 11.8. The lowest BCUT2D eigenvalue weighted by Crippen LogP contribution is -2.00. The van der Waals surface area contributed by atoms with Gasteiger partial charge in [-0.2, -0.15) is 0 Å². The molecule has 0 atom stereocenters. The first-order valence-corrected chi connectivity index (χ1v) is 6.06. The minimum atomic E-state index is -0.311. The summed E-state index contributed by atoms with van der Waals surface area (Å²) in [6.45, 7) is 3.98. The normalized spacial score (nSPS) is 10.3. The van der Waals surface area contributed by atoms with Crippen LogP contribution >= 0.6 is 11.3 Å². The van der Waals surface area contributed by atoms with E-state index in [-0.39, 0.29) is 5.97 Å². The van der Waals surface area contributed by atoms with Crippen LogP contribution in [0.25, 0.3) is 10.4 Å². The molecule has 1 aromatic carbocycles. The molecule has 2 rings (SSSR count). The molecule has 1 aromatic heterocycles. The maximum absolute atomic E-state index is 11.3. The average molecular weight is 247 g/mol. The van der Waals surface area contributed by atoms with Gasteiger partial charge in [-0.15, -0.1) is 11.3 Å². The van der Waals surface area contributed by atoms with Crippen LogP contribution in [0.2, 0.25) is 0 Å². The van der Waals surface area contributed by atoms with E-state index in [1.807, 2.05) is 26.0 Å². The van der Waals surface area contributed by atoms with Crippen LogP contribution in [0.4, 0.5) is 0 Å². The molecule has 0 bridgehead atoms. The molecule has 88 valence electrons. The average Bonchev–Trinajstić information content (AvgIpc) is 2.68. The van der Waals surface area contributed by atoms with Crippen molar-refractivity contribution in [2.45, 2.75) is 13.8 Å². The molecule has 4 heteroatoms. The van der Waals surface area contributed by atoms with Gasteiger partial charge in [0.05, 0.1) is 28.3 Å². The van der Waals surface area contributed by atoms with Crippen LogP contribution < -0.4 is 0 Å². The van der Waals surface area contributed by atoms with Crippen LogP contribution in [0.5, 0.6) is 0 Å². The molecule has 0 aliphatic carbocycles. The number of aryl methyl sites for hydroxylation is 2. The monoisotopic (exact) mass is 247 g/mol. The van der Waals surface area contributed by atoms with Gasteiger partial charge in [0.1, 0.15) is 0 Å². The summed E-state index contributed by atoms with van der Waals surface area (Å²) in [6.07, 6.45) is 0. The lowest BCUT2D eigenvalue weighted by atomic mass is 10.1. The van der Waals surface area contributed by atoms with Crippen molar-refractivity contribution in [3.63, 3.8) is 0 Å². The van der Waals surface area contributed by atoms with Crippen molar-refractivity contribution in [3.8, 4) is 10.4 Å². The van der Waals surface area contributed by atoms with Crippen molar-refractivity contribution in [3.05, 3.63) is 40.5 Å². The van der Waals surface area contributed by atoms with E-state index >= 15 is 0 Å². The lowest BCUT2D eigenvalue weighted by Gasteiger charge is -2.01. The second-order valence-corrected chi connectivity index (χ2v) is 4.92. The molecule has 0 saturated carbocycles. The third-order valence-corrected chi connectivity index (χ3v) is 3.59. The summed E-state index contributed by atoms with van der Waals surface area (Å²) >= 11 is 1.66. The minimum Gasteiger partial charge on any atom is -0.465 e. The number of carbonyl (C=O) groups excluding carboxylic acids is 1. The Morgan fingerprint density at radius 1 is 1.24 bits per heavy atom. The van der Waals surface area contributed by atoms with Crippen LogP contribution in [0, 0.1) is 13.8 Å². The van der Waals surface area contributed by atoms with Gasteiger partial charge in [0.2, 0.25) is 0 Å². The van der Waals surface area contributed by atoms with E-state index in [4.69, 9.17) is 0 Å². The van der Waals surface area contributed by atoms with Crippen molar-refractivity contribution in [2.24, 2.45) is 0 Å². The van der Waals surface area contributed by atoms with Crippen LogP contribution in [-0.4, -0.2) is 18.1 Å². The van der Waals surface area contributed by atoms with E-state index in [0.29, 0.717) is 5.56 Å². The number of ether oxygens (including phenoxy) is 1. The molecule has 1 heterocycles. The molecule has 2 aromatic rings.